The van der Waals surface area contributed by atoms with Crippen LogP contribution in [0.1, 0.15) is 58.8 Å². The summed E-state index contributed by atoms with van der Waals surface area (Å²) in [5, 5.41) is 0. The van der Waals surface area contributed by atoms with Gasteiger partial charge in [0.15, 0.2) is 0 Å². The second-order valence-electron chi connectivity index (χ2n) is 5.28. The van der Waals surface area contributed by atoms with E-state index in [2.05, 4.69) is 24.3 Å². The Balaban J connectivity index is 2.53. The van der Waals surface area contributed by atoms with Gasteiger partial charge in [-0.2, -0.15) is 0 Å². The smallest absolute Gasteiger partial charge is 0.138 e. The molecule has 17 heavy (non-hydrogen) atoms. The molecular weight excluding hydrogens is 208 g/mol. The van der Waals surface area contributed by atoms with Gasteiger partial charge in [-0.25, -0.2) is 0 Å². The Hall–Kier alpha value is -0.850. The van der Waals surface area contributed by atoms with E-state index in [1.807, 2.05) is 13.8 Å². The third kappa shape index (κ3) is 5.86. The highest BCUT2D eigenvalue weighted by Crippen LogP contribution is 2.21. The first-order chi connectivity index (χ1) is 8.22. The van der Waals surface area contributed by atoms with Crippen LogP contribution in [0.2, 0.25) is 0 Å². The summed E-state index contributed by atoms with van der Waals surface area (Å²) >= 11 is 0. The molecule has 0 spiro atoms. The highest BCUT2D eigenvalue weighted by molar-refractivity contribution is 5.82. The lowest BCUT2D eigenvalue weighted by atomic mass is 9.87. The number of carbonyl (C=O) groups excluding carboxylic acids is 1. The zero-order chi connectivity index (χ0) is 12.5. The van der Waals surface area contributed by atoms with Gasteiger partial charge in [-0.05, 0) is 44.9 Å². The van der Waals surface area contributed by atoms with E-state index in [1.54, 1.807) is 0 Å². The summed E-state index contributed by atoms with van der Waals surface area (Å²) in [6, 6.07) is 0. The van der Waals surface area contributed by atoms with E-state index in [0.717, 1.165) is 44.9 Å². The second-order valence-corrected chi connectivity index (χ2v) is 5.28. The van der Waals surface area contributed by atoms with Crippen molar-refractivity contribution in [2.24, 2.45) is 11.8 Å². The summed E-state index contributed by atoms with van der Waals surface area (Å²) in [6.45, 7) is 4.04. The summed E-state index contributed by atoms with van der Waals surface area (Å²) in [5.74, 6) is 0.930. The molecule has 0 saturated carbocycles. The monoisotopic (exact) mass is 234 g/mol. The predicted molar refractivity (Wildman–Crippen MR) is 73.9 cm³/mol. The maximum Gasteiger partial charge on any atom is 0.138 e. The molecule has 0 aromatic heterocycles. The minimum atomic E-state index is 0.187. The Morgan fingerprint density at radius 3 is 2.18 bits per heavy atom. The van der Waals surface area contributed by atoms with Crippen LogP contribution < -0.4 is 0 Å². The van der Waals surface area contributed by atoms with E-state index in [9.17, 15) is 4.79 Å². The van der Waals surface area contributed by atoms with E-state index >= 15 is 0 Å². The quantitative estimate of drug-likeness (QED) is 0.634. The molecule has 96 valence electrons. The summed E-state index contributed by atoms with van der Waals surface area (Å²) in [5.41, 5.74) is 0. The van der Waals surface area contributed by atoms with Crippen molar-refractivity contribution in [3.05, 3.63) is 24.3 Å². The number of hydrogen-bond donors (Lipinski definition) is 0. The largest absolute Gasteiger partial charge is 0.299 e. The molecule has 0 aromatic carbocycles. The lowest BCUT2D eigenvalue weighted by Gasteiger charge is -2.17. The van der Waals surface area contributed by atoms with Gasteiger partial charge in [0.25, 0.3) is 0 Å². The summed E-state index contributed by atoms with van der Waals surface area (Å²) in [6.07, 6.45) is 16.8. The fourth-order valence-corrected chi connectivity index (χ4v) is 2.34. The van der Waals surface area contributed by atoms with Gasteiger partial charge in [0.1, 0.15) is 5.78 Å². The molecule has 1 heteroatoms. The average Bonchev–Trinajstić information content (AvgIpc) is 2.29. The van der Waals surface area contributed by atoms with Gasteiger partial charge < -0.3 is 0 Å². The minimum Gasteiger partial charge on any atom is -0.299 e. The van der Waals surface area contributed by atoms with Crippen LogP contribution in [0.4, 0.5) is 0 Å². The average molecular weight is 234 g/mol. The minimum absolute atomic E-state index is 0.187. The van der Waals surface area contributed by atoms with Gasteiger partial charge in [0.05, 0.1) is 0 Å². The van der Waals surface area contributed by atoms with Crippen molar-refractivity contribution in [3.63, 3.8) is 0 Å². The van der Waals surface area contributed by atoms with Crippen molar-refractivity contribution in [3.8, 4) is 0 Å². The molecule has 0 radical (unpaired) electrons. The van der Waals surface area contributed by atoms with Crippen LogP contribution >= 0.6 is 0 Å². The number of ketones is 1. The van der Waals surface area contributed by atoms with Gasteiger partial charge >= 0.3 is 0 Å². The number of rotatable bonds is 2. The molecule has 1 aliphatic rings. The van der Waals surface area contributed by atoms with Crippen molar-refractivity contribution in [2.75, 3.05) is 0 Å². The van der Waals surface area contributed by atoms with Crippen molar-refractivity contribution in [1.82, 2.24) is 0 Å². The van der Waals surface area contributed by atoms with E-state index in [1.165, 1.54) is 0 Å². The molecule has 0 bridgehead atoms. The van der Waals surface area contributed by atoms with Crippen LogP contribution in [0.5, 0.6) is 0 Å². The van der Waals surface area contributed by atoms with Crippen molar-refractivity contribution in [2.45, 2.75) is 58.8 Å². The first-order valence-electron chi connectivity index (χ1n) is 7.05. The van der Waals surface area contributed by atoms with Crippen molar-refractivity contribution in [1.29, 1.82) is 0 Å². The molecule has 0 fully saturated rings. The maximum absolute atomic E-state index is 12.1. The molecule has 1 unspecified atom stereocenters. The fourth-order valence-electron chi connectivity index (χ4n) is 2.34. The lowest BCUT2D eigenvalue weighted by Crippen LogP contribution is -2.19. The van der Waals surface area contributed by atoms with E-state index in [0.29, 0.717) is 5.78 Å². The molecular formula is C16H26O. The van der Waals surface area contributed by atoms with E-state index < -0.39 is 0 Å². The maximum atomic E-state index is 12.1. The Morgan fingerprint density at radius 2 is 1.53 bits per heavy atom. The number of hydrogen-bond acceptors (Lipinski definition) is 1. The standard InChI is InChI=1S/C16H26O/c1-14(2)16(17)15-12-10-8-6-4-3-5-7-9-11-13-15/h4,6-7,9,14-15H,3,5,8,10-13H2,1-2H3/b6-4-,9-7-. The Labute approximate surface area is 106 Å². The van der Waals surface area contributed by atoms with Gasteiger partial charge in [0, 0.05) is 11.8 Å². The summed E-state index contributed by atoms with van der Waals surface area (Å²) in [7, 11) is 0. The SMILES string of the molecule is CC(C)C(=O)C1CC/C=C\CC/C=C\CCC1. The zero-order valence-electron chi connectivity index (χ0n) is 11.3. The van der Waals surface area contributed by atoms with Crippen LogP contribution in [0.3, 0.4) is 0 Å². The van der Waals surface area contributed by atoms with Gasteiger partial charge in [-0.1, -0.05) is 38.2 Å². The number of allylic oxidation sites excluding steroid dienone is 4. The molecule has 1 nitrogen and oxygen atoms in total. The Morgan fingerprint density at radius 1 is 0.941 bits per heavy atom. The Kier molecular flexibility index (Phi) is 6.91. The third-order valence-electron chi connectivity index (χ3n) is 3.41. The molecule has 0 N–H and O–H groups in total. The van der Waals surface area contributed by atoms with Gasteiger partial charge in [-0.3, -0.25) is 4.79 Å². The second kappa shape index (κ2) is 8.27. The highest BCUT2D eigenvalue weighted by atomic mass is 16.1. The zero-order valence-corrected chi connectivity index (χ0v) is 11.3. The first kappa shape index (κ1) is 14.2. The van der Waals surface area contributed by atoms with Crippen LogP contribution in [-0.2, 0) is 4.79 Å². The lowest BCUT2D eigenvalue weighted by molar-refractivity contribution is -0.126. The fraction of sp³-hybridized carbons (Fsp3) is 0.688. The third-order valence-corrected chi connectivity index (χ3v) is 3.41. The molecule has 0 amide bonds. The summed E-state index contributed by atoms with van der Waals surface area (Å²) < 4.78 is 0. The number of carbonyl (C=O) groups is 1. The van der Waals surface area contributed by atoms with Crippen molar-refractivity contribution >= 4 is 5.78 Å². The van der Waals surface area contributed by atoms with Crippen LogP contribution in [-0.4, -0.2) is 5.78 Å². The van der Waals surface area contributed by atoms with Gasteiger partial charge in [-0.15, -0.1) is 0 Å². The first-order valence-corrected chi connectivity index (χ1v) is 7.05. The predicted octanol–water partition coefficient (Wildman–Crippen LogP) is 4.68. The molecule has 0 aliphatic heterocycles. The highest BCUT2D eigenvalue weighted by Gasteiger charge is 2.19. The normalized spacial score (nSPS) is 26.9. The van der Waals surface area contributed by atoms with Crippen LogP contribution in [0.15, 0.2) is 24.3 Å². The van der Waals surface area contributed by atoms with Crippen molar-refractivity contribution < 1.29 is 4.79 Å². The molecule has 0 heterocycles. The molecule has 1 rings (SSSR count). The van der Waals surface area contributed by atoms with E-state index in [4.69, 9.17) is 0 Å². The molecule has 1 atom stereocenters. The van der Waals surface area contributed by atoms with E-state index in [-0.39, 0.29) is 11.8 Å². The van der Waals surface area contributed by atoms with Crippen LogP contribution in [0, 0.1) is 11.8 Å². The molecule has 0 aromatic rings. The molecule has 1 aliphatic carbocycles. The molecule has 0 saturated heterocycles. The Bertz CT molecular complexity index is 273. The van der Waals surface area contributed by atoms with Crippen LogP contribution in [0.25, 0.3) is 0 Å². The van der Waals surface area contributed by atoms with Gasteiger partial charge in [0.2, 0.25) is 0 Å². The summed E-state index contributed by atoms with van der Waals surface area (Å²) in [4.78, 5) is 12.1. The number of Topliss-reactive ketones (excluding diaryl/α,β-unsaturated/α-hetero) is 1. The topological polar surface area (TPSA) is 17.1 Å².